The molecule has 0 bridgehead atoms. The highest BCUT2D eigenvalue weighted by atomic mass is 16.6. The van der Waals surface area contributed by atoms with Crippen LogP contribution >= 0.6 is 0 Å². The minimum absolute atomic E-state index is 0.00443. The molecule has 1 amide bonds. The number of likely N-dealkylation sites (tertiary alicyclic amines) is 1. The Balaban J connectivity index is 1.80. The molecule has 1 aromatic carbocycles. The lowest BCUT2D eigenvalue weighted by Crippen LogP contribution is -2.35. The number of aryl methyl sites for hydroxylation is 1. The maximum atomic E-state index is 12.9. The molecule has 0 aliphatic carbocycles. The number of fused-ring (bicyclic) bond motifs is 1. The fraction of sp³-hybridized carbons (Fsp3) is 0.364. The van der Waals surface area contributed by atoms with Crippen molar-refractivity contribution in [2.75, 3.05) is 40.4 Å². The molecule has 1 aromatic heterocycles. The summed E-state index contributed by atoms with van der Waals surface area (Å²) in [5.41, 5.74) is 0.378. The number of ketones is 1. The van der Waals surface area contributed by atoms with Crippen LogP contribution in [0.15, 0.2) is 40.3 Å². The number of Topliss-reactive ketones (excluding diaryl/α,β-unsaturated/α-hetero) is 1. The first kappa shape index (κ1) is 20.0. The molecule has 2 aliphatic heterocycles. The zero-order valence-corrected chi connectivity index (χ0v) is 17.2. The Labute approximate surface area is 174 Å². The Morgan fingerprint density at radius 2 is 1.87 bits per heavy atom. The monoisotopic (exact) mass is 412 g/mol. The Hall–Kier alpha value is -3.26. The van der Waals surface area contributed by atoms with Crippen LogP contribution in [0.4, 0.5) is 0 Å². The smallest absolute Gasteiger partial charge is 0.295 e. The van der Waals surface area contributed by atoms with E-state index in [1.165, 1.54) is 4.90 Å². The zero-order valence-electron chi connectivity index (χ0n) is 17.2. The van der Waals surface area contributed by atoms with Crippen LogP contribution in [-0.2, 0) is 9.59 Å². The molecule has 1 N–H and O–H groups in total. The molecule has 1 fully saturated rings. The molecule has 8 nitrogen and oxygen atoms in total. The normalized spacial score (nSPS) is 20.3. The van der Waals surface area contributed by atoms with Gasteiger partial charge in [0.05, 0.1) is 5.57 Å². The van der Waals surface area contributed by atoms with Crippen molar-refractivity contribution in [3.8, 4) is 11.5 Å². The molecule has 8 heteroatoms. The Morgan fingerprint density at radius 1 is 1.13 bits per heavy atom. The largest absolute Gasteiger partial charge is 0.507 e. The Kier molecular flexibility index (Phi) is 5.26. The van der Waals surface area contributed by atoms with Crippen molar-refractivity contribution >= 4 is 17.4 Å². The SMILES string of the molecule is Cc1ccc(C2/C(=C(/O)c3ccc4c(c3)OCCO4)C(=O)C(=O)N2CCN(C)C)o1. The summed E-state index contributed by atoms with van der Waals surface area (Å²) in [5, 5.41) is 11.1. The van der Waals surface area contributed by atoms with Gasteiger partial charge in [0.25, 0.3) is 11.7 Å². The molecule has 1 unspecified atom stereocenters. The van der Waals surface area contributed by atoms with Crippen LogP contribution in [0.5, 0.6) is 11.5 Å². The number of rotatable bonds is 5. The van der Waals surface area contributed by atoms with Gasteiger partial charge in [-0.05, 0) is 51.4 Å². The van der Waals surface area contributed by atoms with Crippen molar-refractivity contribution in [1.82, 2.24) is 9.80 Å². The molecule has 0 spiro atoms. The molecule has 30 heavy (non-hydrogen) atoms. The van der Waals surface area contributed by atoms with Gasteiger partial charge in [0.2, 0.25) is 0 Å². The minimum atomic E-state index is -0.799. The third-order valence-electron chi connectivity index (χ3n) is 5.17. The number of ether oxygens (including phenoxy) is 2. The summed E-state index contributed by atoms with van der Waals surface area (Å²) in [4.78, 5) is 29.1. The van der Waals surface area contributed by atoms with E-state index in [-0.39, 0.29) is 11.3 Å². The lowest BCUT2D eigenvalue weighted by Gasteiger charge is -2.25. The summed E-state index contributed by atoms with van der Waals surface area (Å²) < 4.78 is 16.9. The molecule has 0 radical (unpaired) electrons. The summed E-state index contributed by atoms with van der Waals surface area (Å²) in [7, 11) is 3.77. The molecule has 0 saturated carbocycles. The van der Waals surface area contributed by atoms with Crippen molar-refractivity contribution in [1.29, 1.82) is 0 Å². The van der Waals surface area contributed by atoms with Crippen molar-refractivity contribution in [2.24, 2.45) is 0 Å². The van der Waals surface area contributed by atoms with Gasteiger partial charge in [0.1, 0.15) is 36.5 Å². The second kappa shape index (κ2) is 7.87. The Bertz CT molecular complexity index is 1020. The van der Waals surface area contributed by atoms with E-state index in [1.54, 1.807) is 37.3 Å². The number of aliphatic hydroxyl groups is 1. The third kappa shape index (κ3) is 3.54. The molecule has 4 rings (SSSR count). The van der Waals surface area contributed by atoms with Crippen LogP contribution in [0.3, 0.4) is 0 Å². The second-order valence-corrected chi connectivity index (χ2v) is 7.60. The summed E-state index contributed by atoms with van der Waals surface area (Å²) in [6.45, 7) is 3.52. The highest BCUT2D eigenvalue weighted by molar-refractivity contribution is 6.46. The van der Waals surface area contributed by atoms with E-state index >= 15 is 0 Å². The van der Waals surface area contributed by atoms with E-state index in [4.69, 9.17) is 13.9 Å². The van der Waals surface area contributed by atoms with E-state index < -0.39 is 17.7 Å². The van der Waals surface area contributed by atoms with Crippen molar-refractivity contribution in [3.05, 3.63) is 53.0 Å². The minimum Gasteiger partial charge on any atom is -0.507 e. The number of likely N-dealkylation sites (N-methyl/N-ethyl adjacent to an activating group) is 1. The van der Waals surface area contributed by atoms with Crippen molar-refractivity contribution in [2.45, 2.75) is 13.0 Å². The number of aliphatic hydroxyl groups excluding tert-OH is 1. The summed E-state index contributed by atoms with van der Waals surface area (Å²) in [6, 6.07) is 7.63. The van der Waals surface area contributed by atoms with Gasteiger partial charge >= 0.3 is 0 Å². The van der Waals surface area contributed by atoms with Crippen molar-refractivity contribution in [3.63, 3.8) is 0 Å². The van der Waals surface area contributed by atoms with Gasteiger partial charge in [-0.15, -0.1) is 0 Å². The number of carbonyl (C=O) groups excluding carboxylic acids is 2. The highest BCUT2D eigenvalue weighted by Crippen LogP contribution is 2.41. The van der Waals surface area contributed by atoms with Gasteiger partial charge in [-0.25, -0.2) is 0 Å². The molecule has 1 atom stereocenters. The average molecular weight is 412 g/mol. The number of hydrogen-bond donors (Lipinski definition) is 1. The lowest BCUT2D eigenvalue weighted by atomic mass is 9.99. The van der Waals surface area contributed by atoms with Gasteiger partial charge < -0.3 is 28.8 Å². The van der Waals surface area contributed by atoms with Crippen LogP contribution in [0.1, 0.15) is 23.1 Å². The fourth-order valence-corrected chi connectivity index (χ4v) is 3.66. The molecule has 1 saturated heterocycles. The quantitative estimate of drug-likeness (QED) is 0.458. The fourth-order valence-electron chi connectivity index (χ4n) is 3.66. The van der Waals surface area contributed by atoms with Gasteiger partial charge in [0.15, 0.2) is 11.5 Å². The van der Waals surface area contributed by atoms with Crippen LogP contribution in [0, 0.1) is 6.92 Å². The zero-order chi connectivity index (χ0) is 21.4. The van der Waals surface area contributed by atoms with Crippen LogP contribution in [0.25, 0.3) is 5.76 Å². The predicted molar refractivity (Wildman–Crippen MR) is 108 cm³/mol. The van der Waals surface area contributed by atoms with Crippen LogP contribution in [0.2, 0.25) is 0 Å². The first-order valence-electron chi connectivity index (χ1n) is 9.76. The first-order valence-corrected chi connectivity index (χ1v) is 9.76. The van der Waals surface area contributed by atoms with E-state index in [0.717, 1.165) is 0 Å². The summed E-state index contributed by atoms with van der Waals surface area (Å²) in [5.74, 6) is 0.485. The number of benzene rings is 1. The molecule has 158 valence electrons. The standard InChI is InChI=1S/C22H24N2O6/c1-13-4-6-16(30-13)19-18(21(26)22(27)24(19)9-8-23(2)3)20(25)14-5-7-15-17(12-14)29-11-10-28-15/h4-7,12,19,25H,8-11H2,1-3H3/b20-18-. The number of amides is 1. The average Bonchev–Trinajstić information content (AvgIpc) is 3.26. The number of hydrogen-bond acceptors (Lipinski definition) is 7. The van der Waals surface area contributed by atoms with E-state index in [2.05, 4.69) is 0 Å². The number of carbonyl (C=O) groups is 2. The topological polar surface area (TPSA) is 92.4 Å². The predicted octanol–water partition coefficient (Wildman–Crippen LogP) is 2.34. The molecular weight excluding hydrogens is 388 g/mol. The van der Waals surface area contributed by atoms with Gasteiger partial charge in [-0.2, -0.15) is 0 Å². The van der Waals surface area contributed by atoms with E-state index in [0.29, 0.717) is 54.9 Å². The second-order valence-electron chi connectivity index (χ2n) is 7.60. The van der Waals surface area contributed by atoms with Crippen molar-refractivity contribution < 1.29 is 28.6 Å². The van der Waals surface area contributed by atoms with Gasteiger partial charge in [-0.3, -0.25) is 9.59 Å². The molecular formula is C22H24N2O6. The highest BCUT2D eigenvalue weighted by Gasteiger charge is 2.47. The number of furan rings is 1. The first-order chi connectivity index (χ1) is 14.4. The van der Waals surface area contributed by atoms with Crippen LogP contribution < -0.4 is 9.47 Å². The maximum absolute atomic E-state index is 12.9. The maximum Gasteiger partial charge on any atom is 0.295 e. The third-order valence-corrected chi connectivity index (χ3v) is 5.17. The molecule has 2 aliphatic rings. The molecule has 2 aromatic rings. The van der Waals surface area contributed by atoms with E-state index in [1.807, 2.05) is 19.0 Å². The van der Waals surface area contributed by atoms with Gasteiger partial charge in [0, 0.05) is 18.7 Å². The van der Waals surface area contributed by atoms with E-state index in [9.17, 15) is 14.7 Å². The summed E-state index contributed by atoms with van der Waals surface area (Å²) >= 11 is 0. The summed E-state index contributed by atoms with van der Waals surface area (Å²) in [6.07, 6.45) is 0. The number of nitrogens with zero attached hydrogens (tertiary/aromatic N) is 2. The lowest BCUT2D eigenvalue weighted by molar-refractivity contribution is -0.140. The Morgan fingerprint density at radius 3 is 2.53 bits per heavy atom. The molecule has 3 heterocycles. The van der Waals surface area contributed by atoms with Crippen LogP contribution in [-0.4, -0.2) is 67.0 Å². The van der Waals surface area contributed by atoms with Gasteiger partial charge in [-0.1, -0.05) is 0 Å².